The van der Waals surface area contributed by atoms with Crippen LogP contribution in [0.3, 0.4) is 0 Å². The van der Waals surface area contributed by atoms with Gasteiger partial charge in [-0.05, 0) is 25.3 Å². The van der Waals surface area contributed by atoms with Gasteiger partial charge in [-0.15, -0.1) is 0 Å². The van der Waals surface area contributed by atoms with Gasteiger partial charge in [0, 0.05) is 12.2 Å². The van der Waals surface area contributed by atoms with Gasteiger partial charge < -0.3 is 10.3 Å². The lowest BCUT2D eigenvalue weighted by molar-refractivity contribution is 0.597. The lowest BCUT2D eigenvalue weighted by atomic mass is 10.1. The summed E-state index contributed by atoms with van der Waals surface area (Å²) < 4.78 is 2.00. The van der Waals surface area contributed by atoms with Crippen LogP contribution in [0.15, 0.2) is 6.07 Å². The lowest BCUT2D eigenvalue weighted by Gasteiger charge is -2.10. The van der Waals surface area contributed by atoms with E-state index in [-0.39, 0.29) is 0 Å². The summed E-state index contributed by atoms with van der Waals surface area (Å²) >= 11 is 0. The molecule has 1 aromatic heterocycles. The molecule has 0 saturated carbocycles. The predicted octanol–water partition coefficient (Wildman–Crippen LogP) is 2.16. The van der Waals surface area contributed by atoms with Crippen molar-refractivity contribution in [3.63, 3.8) is 0 Å². The van der Waals surface area contributed by atoms with Gasteiger partial charge in [0.1, 0.15) is 11.8 Å². The molecule has 1 heterocycles. The Balaban J connectivity index is 3.14. The van der Waals surface area contributed by atoms with Crippen LogP contribution in [0.5, 0.6) is 0 Å². The summed E-state index contributed by atoms with van der Waals surface area (Å²) in [6.07, 6.45) is 0.932. The molecule has 0 atom stereocenters. The molecule has 0 aromatic carbocycles. The van der Waals surface area contributed by atoms with E-state index >= 15 is 0 Å². The molecule has 3 heteroatoms. The van der Waals surface area contributed by atoms with Gasteiger partial charge in [0.2, 0.25) is 0 Å². The molecule has 0 aliphatic rings. The first kappa shape index (κ1) is 10.6. The van der Waals surface area contributed by atoms with E-state index in [2.05, 4.69) is 19.9 Å². The van der Waals surface area contributed by atoms with Crippen molar-refractivity contribution in [1.82, 2.24) is 4.57 Å². The molecule has 14 heavy (non-hydrogen) atoms. The van der Waals surface area contributed by atoms with E-state index in [0.717, 1.165) is 24.3 Å². The highest BCUT2D eigenvalue weighted by Gasteiger charge is 2.12. The summed E-state index contributed by atoms with van der Waals surface area (Å²) in [7, 11) is 0. The zero-order chi connectivity index (χ0) is 10.7. The molecule has 0 bridgehead atoms. The van der Waals surface area contributed by atoms with Crippen LogP contribution in [-0.2, 0) is 13.0 Å². The summed E-state index contributed by atoms with van der Waals surface area (Å²) in [6.45, 7) is 7.14. The SMILES string of the molecule is CCn1c(C#N)cc(N)c1CC(C)C. The van der Waals surface area contributed by atoms with Gasteiger partial charge in [-0.3, -0.25) is 0 Å². The number of aromatic nitrogens is 1. The van der Waals surface area contributed by atoms with Crippen molar-refractivity contribution < 1.29 is 0 Å². The molecule has 0 amide bonds. The van der Waals surface area contributed by atoms with Crippen molar-refractivity contribution >= 4 is 5.69 Å². The second-order valence-electron chi connectivity index (χ2n) is 3.89. The van der Waals surface area contributed by atoms with Crippen LogP contribution in [0.2, 0.25) is 0 Å². The van der Waals surface area contributed by atoms with Gasteiger partial charge in [0.25, 0.3) is 0 Å². The van der Waals surface area contributed by atoms with Crippen LogP contribution in [0.1, 0.15) is 32.2 Å². The predicted molar refractivity (Wildman–Crippen MR) is 57.8 cm³/mol. The average molecular weight is 191 g/mol. The van der Waals surface area contributed by atoms with Crippen LogP contribution < -0.4 is 5.73 Å². The molecular formula is C11H17N3. The molecule has 76 valence electrons. The summed E-state index contributed by atoms with van der Waals surface area (Å²) in [5, 5.41) is 8.90. The fraction of sp³-hybridized carbons (Fsp3) is 0.545. The lowest BCUT2D eigenvalue weighted by Crippen LogP contribution is -2.07. The number of nitrogens with zero attached hydrogens (tertiary/aromatic N) is 2. The van der Waals surface area contributed by atoms with Gasteiger partial charge in [0.05, 0.1) is 5.69 Å². The van der Waals surface area contributed by atoms with Crippen molar-refractivity contribution in [1.29, 1.82) is 5.26 Å². The molecule has 1 aromatic rings. The van der Waals surface area contributed by atoms with Crippen molar-refractivity contribution in [3.05, 3.63) is 17.5 Å². The van der Waals surface area contributed by atoms with Gasteiger partial charge in [-0.25, -0.2) is 0 Å². The van der Waals surface area contributed by atoms with Gasteiger partial charge >= 0.3 is 0 Å². The second kappa shape index (κ2) is 4.19. The van der Waals surface area contributed by atoms with Gasteiger partial charge in [0.15, 0.2) is 0 Å². The number of nitrogen functional groups attached to an aromatic ring is 1. The fourth-order valence-corrected chi connectivity index (χ4v) is 1.68. The van der Waals surface area contributed by atoms with E-state index in [0.29, 0.717) is 11.6 Å². The minimum Gasteiger partial charge on any atom is -0.397 e. The number of hydrogen-bond acceptors (Lipinski definition) is 2. The largest absolute Gasteiger partial charge is 0.397 e. The standard InChI is InChI=1S/C11H17N3/c1-4-14-9(7-12)6-10(13)11(14)5-8(2)3/h6,8H,4-5,13H2,1-3H3. The fourth-order valence-electron chi connectivity index (χ4n) is 1.68. The third kappa shape index (κ3) is 1.90. The van der Waals surface area contributed by atoms with Crippen LogP contribution in [0, 0.1) is 17.2 Å². The molecule has 0 spiro atoms. The maximum Gasteiger partial charge on any atom is 0.122 e. The monoisotopic (exact) mass is 191 g/mol. The highest BCUT2D eigenvalue weighted by molar-refractivity contribution is 5.50. The zero-order valence-corrected chi connectivity index (χ0v) is 9.04. The smallest absolute Gasteiger partial charge is 0.122 e. The first-order valence-electron chi connectivity index (χ1n) is 4.98. The number of nitrogens with two attached hydrogens (primary N) is 1. The van der Waals surface area contributed by atoms with E-state index in [1.54, 1.807) is 6.07 Å². The Hall–Kier alpha value is -1.43. The Kier molecular flexibility index (Phi) is 3.19. The third-order valence-corrected chi connectivity index (χ3v) is 2.27. The average Bonchev–Trinajstić information content (AvgIpc) is 2.42. The van der Waals surface area contributed by atoms with E-state index in [9.17, 15) is 0 Å². The first-order chi connectivity index (χ1) is 6.60. The first-order valence-corrected chi connectivity index (χ1v) is 4.98. The van der Waals surface area contributed by atoms with E-state index in [4.69, 9.17) is 11.0 Å². The number of rotatable bonds is 3. The molecule has 0 saturated heterocycles. The number of nitriles is 1. The molecule has 0 aliphatic heterocycles. The maximum absolute atomic E-state index is 8.90. The van der Waals surface area contributed by atoms with Crippen LogP contribution in [0.25, 0.3) is 0 Å². The Morgan fingerprint density at radius 2 is 2.21 bits per heavy atom. The summed E-state index contributed by atoms with van der Waals surface area (Å²) in [4.78, 5) is 0. The Bertz CT molecular complexity index is 355. The second-order valence-corrected chi connectivity index (χ2v) is 3.89. The molecular weight excluding hydrogens is 174 g/mol. The molecule has 0 fully saturated rings. The molecule has 0 aliphatic carbocycles. The molecule has 1 rings (SSSR count). The maximum atomic E-state index is 8.90. The minimum absolute atomic E-state index is 0.559. The Morgan fingerprint density at radius 1 is 1.57 bits per heavy atom. The quantitative estimate of drug-likeness (QED) is 0.796. The molecule has 2 N–H and O–H groups in total. The topological polar surface area (TPSA) is 54.7 Å². The number of hydrogen-bond donors (Lipinski definition) is 1. The highest BCUT2D eigenvalue weighted by Crippen LogP contribution is 2.21. The van der Waals surface area contributed by atoms with Crippen LogP contribution >= 0.6 is 0 Å². The normalized spacial score (nSPS) is 10.5. The molecule has 0 radical (unpaired) electrons. The van der Waals surface area contributed by atoms with Crippen molar-refractivity contribution in [2.45, 2.75) is 33.7 Å². The van der Waals surface area contributed by atoms with Gasteiger partial charge in [-0.1, -0.05) is 13.8 Å². The molecule has 3 nitrogen and oxygen atoms in total. The van der Waals surface area contributed by atoms with Crippen LogP contribution in [-0.4, -0.2) is 4.57 Å². The van der Waals surface area contributed by atoms with E-state index < -0.39 is 0 Å². The van der Waals surface area contributed by atoms with Gasteiger partial charge in [-0.2, -0.15) is 5.26 Å². The third-order valence-electron chi connectivity index (χ3n) is 2.27. The summed E-state index contributed by atoms with van der Waals surface area (Å²) in [5.41, 5.74) is 8.38. The Labute approximate surface area is 85.1 Å². The molecule has 0 unspecified atom stereocenters. The zero-order valence-electron chi connectivity index (χ0n) is 9.04. The summed E-state index contributed by atoms with van der Waals surface area (Å²) in [6, 6.07) is 3.93. The summed E-state index contributed by atoms with van der Waals surface area (Å²) in [5.74, 6) is 0.559. The Morgan fingerprint density at radius 3 is 2.64 bits per heavy atom. The van der Waals surface area contributed by atoms with Crippen molar-refractivity contribution in [3.8, 4) is 6.07 Å². The van der Waals surface area contributed by atoms with E-state index in [1.807, 2.05) is 11.5 Å². The highest BCUT2D eigenvalue weighted by atomic mass is 15.0. The van der Waals surface area contributed by atoms with Crippen LogP contribution in [0.4, 0.5) is 5.69 Å². The van der Waals surface area contributed by atoms with Crippen molar-refractivity contribution in [2.24, 2.45) is 5.92 Å². The number of anilines is 1. The van der Waals surface area contributed by atoms with Crippen molar-refractivity contribution in [2.75, 3.05) is 5.73 Å². The minimum atomic E-state index is 0.559. The van der Waals surface area contributed by atoms with E-state index in [1.165, 1.54) is 0 Å².